The molecule has 0 aliphatic heterocycles. The van der Waals surface area contributed by atoms with E-state index < -0.39 is 0 Å². The number of rotatable bonds is 4. The van der Waals surface area contributed by atoms with Gasteiger partial charge in [-0.2, -0.15) is 0 Å². The maximum Gasteiger partial charge on any atom is -0.0132 e. The van der Waals surface area contributed by atoms with E-state index in [1.54, 1.807) is 5.56 Å². The maximum atomic E-state index is 2.54. The molecule has 0 heteroatoms. The topological polar surface area (TPSA) is 0 Å². The fourth-order valence-electron chi connectivity index (χ4n) is 3.31. The first-order chi connectivity index (χ1) is 9.86. The molecule has 0 heterocycles. The minimum absolute atomic E-state index is 0.234. The molecule has 0 bridgehead atoms. The summed E-state index contributed by atoms with van der Waals surface area (Å²) in [6.45, 7) is 13.9. The highest BCUT2D eigenvalue weighted by atomic mass is 14.2. The Balaban J connectivity index is 2.50. The van der Waals surface area contributed by atoms with Crippen LogP contribution in [-0.4, -0.2) is 0 Å². The summed E-state index contributed by atoms with van der Waals surface area (Å²) in [6.07, 6.45) is 8.98. The molecule has 0 nitrogen and oxygen atoms in total. The Morgan fingerprint density at radius 2 is 1.62 bits per heavy atom. The van der Waals surface area contributed by atoms with Gasteiger partial charge in [0.05, 0.1) is 0 Å². The third-order valence-corrected chi connectivity index (χ3v) is 4.96. The molecule has 0 N–H and O–H groups in total. The lowest BCUT2D eigenvalue weighted by molar-refractivity contribution is 0.388. The van der Waals surface area contributed by atoms with Crippen molar-refractivity contribution in [2.45, 2.75) is 79.1 Å². The summed E-state index contributed by atoms with van der Waals surface area (Å²) in [4.78, 5) is 0. The van der Waals surface area contributed by atoms with Crippen molar-refractivity contribution in [2.24, 2.45) is 5.92 Å². The van der Waals surface area contributed by atoms with E-state index in [-0.39, 0.29) is 5.41 Å². The van der Waals surface area contributed by atoms with Crippen LogP contribution in [0.2, 0.25) is 0 Å². The molecule has 0 saturated heterocycles. The van der Waals surface area contributed by atoms with Crippen LogP contribution in [-0.2, 0) is 18.3 Å². The Labute approximate surface area is 131 Å². The number of allylic oxidation sites excluding steroid dienone is 2. The van der Waals surface area contributed by atoms with Gasteiger partial charge in [-0.05, 0) is 71.8 Å². The normalized spacial score (nSPS) is 17.0. The van der Waals surface area contributed by atoms with E-state index in [4.69, 9.17) is 0 Å². The predicted molar refractivity (Wildman–Crippen MR) is 94.9 cm³/mol. The zero-order valence-corrected chi connectivity index (χ0v) is 14.8. The summed E-state index contributed by atoms with van der Waals surface area (Å²) in [5, 5.41) is 0. The van der Waals surface area contributed by atoms with Crippen molar-refractivity contribution in [3.05, 3.63) is 40.5 Å². The van der Waals surface area contributed by atoms with E-state index in [0.29, 0.717) is 0 Å². The highest BCUT2D eigenvalue weighted by molar-refractivity contribution is 5.70. The second kappa shape index (κ2) is 6.38. The standard InChI is InChI=1S/C21H32/c1-7-17-13-19(21(4,5)6)14-18(8-2)20(17)15(3)12-16-10-9-11-16/h12-14,16H,7-11H2,1-6H3/b15-12+. The third kappa shape index (κ3) is 3.59. The lowest BCUT2D eigenvalue weighted by atomic mass is 9.79. The highest BCUT2D eigenvalue weighted by Gasteiger charge is 2.20. The quantitative estimate of drug-likeness (QED) is 0.607. The van der Waals surface area contributed by atoms with E-state index in [2.05, 4.69) is 59.8 Å². The van der Waals surface area contributed by atoms with Crippen LogP contribution < -0.4 is 0 Å². The minimum atomic E-state index is 0.234. The Morgan fingerprint density at radius 3 is 1.95 bits per heavy atom. The fraction of sp³-hybridized carbons (Fsp3) is 0.619. The molecule has 1 fully saturated rings. The van der Waals surface area contributed by atoms with Crippen LogP contribution in [0.25, 0.3) is 5.57 Å². The molecule has 0 aromatic heterocycles. The van der Waals surface area contributed by atoms with Crippen LogP contribution in [0, 0.1) is 5.92 Å². The summed E-state index contributed by atoms with van der Waals surface area (Å²) in [7, 11) is 0. The molecule has 0 unspecified atom stereocenters. The smallest absolute Gasteiger partial charge is 0.0132 e. The number of benzene rings is 1. The van der Waals surface area contributed by atoms with Gasteiger partial charge in [-0.15, -0.1) is 0 Å². The Kier molecular flexibility index (Phi) is 4.96. The molecule has 2 rings (SSSR count). The summed E-state index contributed by atoms with van der Waals surface area (Å²) >= 11 is 0. The van der Waals surface area contributed by atoms with Crippen LogP contribution in [0.3, 0.4) is 0 Å². The summed E-state index contributed by atoms with van der Waals surface area (Å²) in [5.74, 6) is 0.835. The van der Waals surface area contributed by atoms with Gasteiger partial charge in [-0.3, -0.25) is 0 Å². The van der Waals surface area contributed by atoms with Crippen molar-refractivity contribution in [3.8, 4) is 0 Å². The Morgan fingerprint density at radius 1 is 1.10 bits per heavy atom. The van der Waals surface area contributed by atoms with Gasteiger partial charge >= 0.3 is 0 Å². The predicted octanol–water partition coefficient (Wildman–Crippen LogP) is 6.31. The average Bonchev–Trinajstić information content (AvgIpc) is 2.39. The first-order valence-electron chi connectivity index (χ1n) is 8.71. The van der Waals surface area contributed by atoms with Crippen molar-refractivity contribution >= 4 is 5.57 Å². The number of aryl methyl sites for hydroxylation is 2. The van der Waals surface area contributed by atoms with E-state index >= 15 is 0 Å². The van der Waals surface area contributed by atoms with E-state index in [9.17, 15) is 0 Å². The molecule has 116 valence electrons. The number of hydrogen-bond acceptors (Lipinski definition) is 0. The van der Waals surface area contributed by atoms with Crippen LogP contribution in [0.1, 0.15) is 83.1 Å². The molecule has 0 radical (unpaired) electrons. The highest BCUT2D eigenvalue weighted by Crippen LogP contribution is 2.35. The molecule has 1 aromatic rings. The van der Waals surface area contributed by atoms with Gasteiger partial charge in [-0.1, -0.05) is 59.2 Å². The van der Waals surface area contributed by atoms with Crippen LogP contribution in [0.5, 0.6) is 0 Å². The van der Waals surface area contributed by atoms with E-state index in [1.807, 2.05) is 0 Å². The van der Waals surface area contributed by atoms with Gasteiger partial charge in [0.1, 0.15) is 0 Å². The monoisotopic (exact) mass is 284 g/mol. The van der Waals surface area contributed by atoms with E-state index in [1.165, 1.54) is 41.5 Å². The molecule has 0 spiro atoms. The fourth-order valence-corrected chi connectivity index (χ4v) is 3.31. The molecular weight excluding hydrogens is 252 g/mol. The van der Waals surface area contributed by atoms with Gasteiger partial charge in [-0.25, -0.2) is 0 Å². The zero-order valence-electron chi connectivity index (χ0n) is 14.8. The van der Waals surface area contributed by atoms with Gasteiger partial charge in [0.25, 0.3) is 0 Å². The molecule has 0 atom stereocenters. The summed E-state index contributed by atoms with van der Waals surface area (Å²) in [5.41, 5.74) is 7.84. The maximum absolute atomic E-state index is 2.54. The third-order valence-electron chi connectivity index (χ3n) is 4.96. The second-order valence-corrected chi connectivity index (χ2v) is 7.67. The van der Waals surface area contributed by atoms with E-state index in [0.717, 1.165) is 18.8 Å². The van der Waals surface area contributed by atoms with Crippen LogP contribution in [0.15, 0.2) is 18.2 Å². The molecule has 21 heavy (non-hydrogen) atoms. The second-order valence-electron chi connectivity index (χ2n) is 7.67. The first-order valence-corrected chi connectivity index (χ1v) is 8.71. The average molecular weight is 284 g/mol. The van der Waals surface area contributed by atoms with Crippen molar-refractivity contribution in [1.82, 2.24) is 0 Å². The lowest BCUT2D eigenvalue weighted by Gasteiger charge is -2.26. The van der Waals surface area contributed by atoms with Crippen molar-refractivity contribution in [3.63, 3.8) is 0 Å². The van der Waals surface area contributed by atoms with Crippen molar-refractivity contribution < 1.29 is 0 Å². The zero-order chi connectivity index (χ0) is 15.6. The minimum Gasteiger partial charge on any atom is -0.0779 e. The first kappa shape index (κ1) is 16.3. The number of hydrogen-bond donors (Lipinski definition) is 0. The lowest BCUT2D eigenvalue weighted by Crippen LogP contribution is -2.14. The van der Waals surface area contributed by atoms with Gasteiger partial charge < -0.3 is 0 Å². The van der Waals surface area contributed by atoms with Gasteiger partial charge in [0.15, 0.2) is 0 Å². The SMILES string of the molecule is CCc1cc(C(C)(C)C)cc(CC)c1/C(C)=C/C1CCC1. The Bertz CT molecular complexity index is 496. The molecule has 1 aliphatic rings. The van der Waals surface area contributed by atoms with Crippen molar-refractivity contribution in [2.75, 3.05) is 0 Å². The summed E-state index contributed by atoms with van der Waals surface area (Å²) < 4.78 is 0. The largest absolute Gasteiger partial charge is 0.0779 e. The Hall–Kier alpha value is -1.04. The van der Waals surface area contributed by atoms with Crippen molar-refractivity contribution in [1.29, 1.82) is 0 Å². The summed E-state index contributed by atoms with van der Waals surface area (Å²) in [6, 6.07) is 4.90. The van der Waals surface area contributed by atoms with Gasteiger partial charge in [0, 0.05) is 0 Å². The molecular formula is C21H32. The molecule has 1 aliphatic carbocycles. The van der Waals surface area contributed by atoms with Crippen LogP contribution >= 0.6 is 0 Å². The van der Waals surface area contributed by atoms with Gasteiger partial charge in [0.2, 0.25) is 0 Å². The molecule has 1 saturated carbocycles. The van der Waals surface area contributed by atoms with Crippen LogP contribution in [0.4, 0.5) is 0 Å². The molecule has 1 aromatic carbocycles. The molecule has 0 amide bonds.